The molecule has 1 aliphatic heterocycles. The molecule has 0 bridgehead atoms. The first-order valence-electron chi connectivity index (χ1n) is 13.2. The van der Waals surface area contributed by atoms with Crippen LogP contribution in [-0.4, -0.2) is 57.2 Å². The Morgan fingerprint density at radius 2 is 2.05 bits per heavy atom. The van der Waals surface area contributed by atoms with Gasteiger partial charge in [-0.3, -0.25) is 14.8 Å². The maximum atomic E-state index is 11.6. The lowest BCUT2D eigenvalue weighted by Gasteiger charge is -2.15. The number of aliphatic imine (C=N–C) groups is 1. The first-order chi connectivity index (χ1) is 19.5. The predicted molar refractivity (Wildman–Crippen MR) is 150 cm³/mol. The number of hydrogen-bond donors (Lipinski definition) is 3. The molecule has 0 radical (unpaired) electrons. The second-order valence-electron chi connectivity index (χ2n) is 9.88. The van der Waals surface area contributed by atoms with Crippen molar-refractivity contribution in [3.05, 3.63) is 71.2 Å². The number of aliphatic carboxylic acids is 1. The summed E-state index contributed by atoms with van der Waals surface area (Å²) in [6.45, 7) is 1.50. The second kappa shape index (κ2) is 12.4. The lowest BCUT2D eigenvalue weighted by atomic mass is 9.92. The fourth-order valence-corrected chi connectivity index (χ4v) is 5.16. The number of hydrogen-bond acceptors (Lipinski definition) is 10. The molecule has 11 nitrogen and oxygen atoms in total. The lowest BCUT2D eigenvalue weighted by Crippen LogP contribution is -2.22. The summed E-state index contributed by atoms with van der Waals surface area (Å²) in [6.07, 6.45) is 4.76. The van der Waals surface area contributed by atoms with E-state index in [1.807, 2.05) is 24.3 Å². The predicted octanol–water partition coefficient (Wildman–Crippen LogP) is 3.51. The van der Waals surface area contributed by atoms with Gasteiger partial charge in [-0.15, -0.1) is 0 Å². The number of ether oxygens (including phenoxy) is 1. The molecule has 1 aromatic carbocycles. The zero-order valence-electron chi connectivity index (χ0n) is 21.9. The van der Waals surface area contributed by atoms with Gasteiger partial charge in [0.05, 0.1) is 60.0 Å². The highest BCUT2D eigenvalue weighted by Gasteiger charge is 2.34. The third kappa shape index (κ3) is 6.30. The van der Waals surface area contributed by atoms with Gasteiger partial charge in [0.2, 0.25) is 5.95 Å². The number of aromatic nitrogens is 3. The second-order valence-corrected chi connectivity index (χ2v) is 9.88. The monoisotopic (exact) mass is 538 g/mol. The molecule has 3 atom stereocenters. The average Bonchev–Trinajstić information content (AvgIpc) is 3.68. The van der Waals surface area contributed by atoms with E-state index in [2.05, 4.69) is 31.4 Å². The molecule has 1 saturated carbocycles. The highest BCUT2D eigenvalue weighted by Crippen LogP contribution is 2.39. The van der Waals surface area contributed by atoms with E-state index in [0.717, 1.165) is 36.2 Å². The number of nitrogens with zero attached hydrogens (tertiary/aromatic N) is 6. The van der Waals surface area contributed by atoms with Crippen LogP contribution in [0, 0.1) is 17.2 Å². The van der Waals surface area contributed by atoms with Crippen molar-refractivity contribution in [2.24, 2.45) is 21.9 Å². The molecular formula is C29H30N8O3. The van der Waals surface area contributed by atoms with Crippen LogP contribution in [0.3, 0.4) is 0 Å². The van der Waals surface area contributed by atoms with Crippen molar-refractivity contribution < 1.29 is 14.6 Å². The van der Waals surface area contributed by atoms with E-state index in [1.165, 1.54) is 0 Å². The lowest BCUT2D eigenvalue weighted by molar-refractivity contribution is -0.142. The van der Waals surface area contributed by atoms with Crippen LogP contribution in [0.5, 0.6) is 0 Å². The average molecular weight is 539 g/mol. The molecule has 40 heavy (non-hydrogen) atoms. The molecule has 3 heterocycles. The van der Waals surface area contributed by atoms with Crippen LogP contribution >= 0.6 is 0 Å². The van der Waals surface area contributed by atoms with E-state index in [-0.39, 0.29) is 18.5 Å². The van der Waals surface area contributed by atoms with Gasteiger partial charge in [0, 0.05) is 23.8 Å². The van der Waals surface area contributed by atoms with E-state index in [1.54, 1.807) is 30.5 Å². The molecule has 0 amide bonds. The molecule has 2 aromatic heterocycles. The normalized spacial score (nSPS) is 21.0. The van der Waals surface area contributed by atoms with Gasteiger partial charge in [0.15, 0.2) is 0 Å². The largest absolute Gasteiger partial charge is 0.481 e. The van der Waals surface area contributed by atoms with Crippen LogP contribution in [0.1, 0.15) is 54.2 Å². The minimum absolute atomic E-state index is 0.0828. The van der Waals surface area contributed by atoms with Crippen molar-refractivity contribution in [2.75, 3.05) is 18.5 Å². The van der Waals surface area contributed by atoms with Gasteiger partial charge in [-0.25, -0.2) is 9.97 Å². The van der Waals surface area contributed by atoms with Crippen LogP contribution in [0.4, 0.5) is 5.95 Å². The highest BCUT2D eigenvalue weighted by molar-refractivity contribution is 6.37. The SMILES string of the molecule is N#Cc1cccc(-c2cc(C(C=NCc3cccc(C4CCCC4C(=O)O)n3)=NN)nc(NC3CCOC3)n2)c1. The number of nitrogens with one attached hydrogen (secondary N) is 1. The number of carboxylic acids is 1. The summed E-state index contributed by atoms with van der Waals surface area (Å²) >= 11 is 0. The van der Waals surface area contributed by atoms with E-state index in [9.17, 15) is 15.2 Å². The van der Waals surface area contributed by atoms with Crippen LogP contribution in [0.15, 0.2) is 58.6 Å². The Hall–Kier alpha value is -4.69. The Morgan fingerprint density at radius 3 is 2.83 bits per heavy atom. The topological polar surface area (TPSA) is 172 Å². The number of carbonyl (C=O) groups is 1. The highest BCUT2D eigenvalue weighted by atomic mass is 16.5. The number of carboxylic acid groups (broad SMARTS) is 1. The fourth-order valence-electron chi connectivity index (χ4n) is 5.16. The zero-order chi connectivity index (χ0) is 27.9. The van der Waals surface area contributed by atoms with Gasteiger partial charge in [0.1, 0.15) is 5.71 Å². The Labute approximate surface area is 231 Å². The third-order valence-corrected chi connectivity index (χ3v) is 7.19. The quantitative estimate of drug-likeness (QED) is 0.209. The van der Waals surface area contributed by atoms with Gasteiger partial charge in [-0.1, -0.05) is 24.6 Å². The van der Waals surface area contributed by atoms with Crippen LogP contribution in [0.2, 0.25) is 0 Å². The molecule has 11 heteroatoms. The Balaban J connectivity index is 1.38. The fraction of sp³-hybridized carbons (Fsp3) is 0.345. The minimum atomic E-state index is -0.769. The molecule has 2 fully saturated rings. The van der Waals surface area contributed by atoms with Gasteiger partial charge in [0.25, 0.3) is 0 Å². The maximum Gasteiger partial charge on any atom is 0.307 e. The van der Waals surface area contributed by atoms with Gasteiger partial charge < -0.3 is 21.0 Å². The third-order valence-electron chi connectivity index (χ3n) is 7.19. The molecule has 2 aliphatic rings. The molecular weight excluding hydrogens is 508 g/mol. The first kappa shape index (κ1) is 26.9. The molecule has 1 aliphatic carbocycles. The van der Waals surface area contributed by atoms with Crippen molar-refractivity contribution in [1.29, 1.82) is 5.26 Å². The van der Waals surface area contributed by atoms with E-state index < -0.39 is 11.9 Å². The summed E-state index contributed by atoms with van der Waals surface area (Å²) in [6, 6.07) is 16.8. The van der Waals surface area contributed by atoms with Gasteiger partial charge in [-0.2, -0.15) is 10.4 Å². The molecule has 1 saturated heterocycles. The zero-order valence-corrected chi connectivity index (χ0v) is 21.9. The molecule has 5 rings (SSSR count). The number of pyridine rings is 1. The number of nitriles is 1. The van der Waals surface area contributed by atoms with Crippen molar-refractivity contribution in [3.63, 3.8) is 0 Å². The van der Waals surface area contributed by atoms with Crippen molar-refractivity contribution in [2.45, 2.75) is 44.2 Å². The van der Waals surface area contributed by atoms with Crippen molar-refractivity contribution >= 4 is 23.8 Å². The summed E-state index contributed by atoms with van der Waals surface area (Å²) in [5.41, 5.74) is 4.22. The molecule has 3 aromatic rings. The summed E-state index contributed by atoms with van der Waals surface area (Å²) in [5.74, 6) is 4.91. The van der Waals surface area contributed by atoms with E-state index in [4.69, 9.17) is 15.6 Å². The summed E-state index contributed by atoms with van der Waals surface area (Å²) in [7, 11) is 0. The van der Waals surface area contributed by atoms with Crippen LogP contribution in [0.25, 0.3) is 11.3 Å². The first-order valence-corrected chi connectivity index (χ1v) is 13.2. The summed E-state index contributed by atoms with van der Waals surface area (Å²) < 4.78 is 5.47. The summed E-state index contributed by atoms with van der Waals surface area (Å²) in [4.78, 5) is 30.2. The van der Waals surface area contributed by atoms with Crippen molar-refractivity contribution in [1.82, 2.24) is 15.0 Å². The Morgan fingerprint density at radius 1 is 1.18 bits per heavy atom. The minimum Gasteiger partial charge on any atom is -0.481 e. The molecule has 4 N–H and O–H groups in total. The molecule has 3 unspecified atom stereocenters. The number of rotatable bonds is 9. The van der Waals surface area contributed by atoms with E-state index in [0.29, 0.717) is 48.2 Å². The number of benzene rings is 1. The van der Waals surface area contributed by atoms with E-state index >= 15 is 0 Å². The maximum absolute atomic E-state index is 11.6. The number of nitrogens with two attached hydrogens (primary N) is 1. The molecule has 0 spiro atoms. The van der Waals surface area contributed by atoms with Crippen LogP contribution in [-0.2, 0) is 16.1 Å². The Bertz CT molecular complexity index is 1480. The number of anilines is 1. The van der Waals surface area contributed by atoms with Crippen molar-refractivity contribution in [3.8, 4) is 17.3 Å². The number of hydrazone groups is 1. The molecule has 204 valence electrons. The standard InChI is InChI=1S/C29H30N8O3/c30-14-18-4-1-5-19(12-18)25-13-26(36-29(35-25)34-21-10-11-40-17-21)27(37-31)16-32-15-20-6-2-9-24(33-20)22-7-3-8-23(22)28(38)39/h1-2,4-6,9,12-13,16,21-23H,3,7-8,10-11,15,17,31H2,(H,38,39)(H,34,35,36). The Kier molecular flexibility index (Phi) is 8.37. The van der Waals surface area contributed by atoms with Gasteiger partial charge >= 0.3 is 5.97 Å². The smallest absolute Gasteiger partial charge is 0.307 e. The van der Waals surface area contributed by atoms with Crippen LogP contribution < -0.4 is 11.2 Å². The summed E-state index contributed by atoms with van der Waals surface area (Å²) in [5, 5.41) is 26.2. The van der Waals surface area contributed by atoms with Gasteiger partial charge in [-0.05, 0) is 49.6 Å².